The Morgan fingerprint density at radius 3 is 2.16 bits per heavy atom. The van der Waals surface area contributed by atoms with E-state index in [0.29, 0.717) is 13.1 Å². The van der Waals surface area contributed by atoms with Gasteiger partial charge in [-0.3, -0.25) is 4.79 Å². The molecule has 0 aliphatic carbocycles. The van der Waals surface area contributed by atoms with Gasteiger partial charge in [-0.2, -0.15) is 0 Å². The van der Waals surface area contributed by atoms with Crippen molar-refractivity contribution in [2.45, 2.75) is 17.1 Å². The van der Waals surface area contributed by atoms with Gasteiger partial charge in [0, 0.05) is 23.7 Å². The Morgan fingerprint density at radius 1 is 1.21 bits per heavy atom. The molecular weight excluding hydrogens is 266 g/mol. The molecule has 1 rings (SSSR count). The molecule has 0 aromatic heterocycles. The first-order chi connectivity index (χ1) is 9.08. The lowest BCUT2D eigenvalue weighted by molar-refractivity contribution is -0.136. The van der Waals surface area contributed by atoms with Crippen molar-refractivity contribution in [2.75, 3.05) is 31.2 Å². The van der Waals surface area contributed by atoms with Crippen molar-refractivity contribution in [1.82, 2.24) is 0 Å². The Kier molecular flexibility index (Phi) is 6.69. The highest BCUT2D eigenvalue weighted by Gasteiger charge is 2.12. The molecule has 0 saturated carbocycles. The Balaban J connectivity index is 2.71. The molecule has 0 aliphatic rings. The van der Waals surface area contributed by atoms with Crippen LogP contribution in [0.2, 0.25) is 0 Å². The molecule has 0 spiro atoms. The van der Waals surface area contributed by atoms with Crippen LogP contribution in [0, 0.1) is 0 Å². The minimum atomic E-state index is -0.837. The van der Waals surface area contributed by atoms with Gasteiger partial charge in [-0.1, -0.05) is 0 Å². The first kappa shape index (κ1) is 15.8. The zero-order valence-corrected chi connectivity index (χ0v) is 11.6. The largest absolute Gasteiger partial charge is 0.480 e. The van der Waals surface area contributed by atoms with Gasteiger partial charge in [0.05, 0.1) is 13.2 Å². The van der Waals surface area contributed by atoms with E-state index in [-0.39, 0.29) is 13.2 Å². The Bertz CT molecular complexity index is 390. The lowest BCUT2D eigenvalue weighted by Gasteiger charge is -2.23. The summed E-state index contributed by atoms with van der Waals surface area (Å²) in [6.45, 7) is 2.60. The first-order valence-electron chi connectivity index (χ1n) is 6.04. The highest BCUT2D eigenvalue weighted by molar-refractivity contribution is 8.00. The summed E-state index contributed by atoms with van der Waals surface area (Å²) in [5, 5.41) is 26.3. The minimum Gasteiger partial charge on any atom is -0.480 e. The van der Waals surface area contributed by atoms with E-state index in [9.17, 15) is 4.79 Å². The van der Waals surface area contributed by atoms with Gasteiger partial charge < -0.3 is 20.2 Å². The molecule has 1 unspecified atom stereocenters. The number of rotatable bonds is 8. The predicted octanol–water partition coefficient (Wildman–Crippen LogP) is 1.04. The normalized spacial score (nSPS) is 12.2. The maximum atomic E-state index is 10.8. The molecule has 5 nitrogen and oxygen atoms in total. The van der Waals surface area contributed by atoms with Gasteiger partial charge >= 0.3 is 5.97 Å². The van der Waals surface area contributed by atoms with Gasteiger partial charge in [0.15, 0.2) is 0 Å². The quantitative estimate of drug-likeness (QED) is 0.619. The van der Waals surface area contributed by atoms with E-state index in [0.717, 1.165) is 10.6 Å². The van der Waals surface area contributed by atoms with Crippen LogP contribution in [0.5, 0.6) is 0 Å². The predicted molar refractivity (Wildman–Crippen MR) is 75.8 cm³/mol. The van der Waals surface area contributed by atoms with Crippen molar-refractivity contribution >= 4 is 23.4 Å². The van der Waals surface area contributed by atoms with Crippen LogP contribution in [0.25, 0.3) is 0 Å². The SMILES string of the molecule is CC(Sc1ccc(N(CCO)CCO)cc1)C(=O)O. The van der Waals surface area contributed by atoms with Crippen molar-refractivity contribution in [2.24, 2.45) is 0 Å². The maximum absolute atomic E-state index is 10.8. The Morgan fingerprint density at radius 2 is 1.74 bits per heavy atom. The third-order valence-electron chi connectivity index (χ3n) is 2.60. The molecule has 0 amide bonds. The Labute approximate surface area is 116 Å². The number of benzene rings is 1. The van der Waals surface area contributed by atoms with Crippen LogP contribution in [-0.2, 0) is 4.79 Å². The third kappa shape index (κ3) is 5.10. The second kappa shape index (κ2) is 8.04. The summed E-state index contributed by atoms with van der Waals surface area (Å²) in [6, 6.07) is 7.42. The highest BCUT2D eigenvalue weighted by Crippen LogP contribution is 2.25. The van der Waals surface area contributed by atoms with Crippen molar-refractivity contribution in [1.29, 1.82) is 0 Å². The zero-order valence-electron chi connectivity index (χ0n) is 10.8. The smallest absolute Gasteiger partial charge is 0.316 e. The number of hydrogen-bond acceptors (Lipinski definition) is 5. The molecule has 3 N–H and O–H groups in total. The maximum Gasteiger partial charge on any atom is 0.316 e. The molecule has 1 atom stereocenters. The molecule has 0 bridgehead atoms. The number of thioether (sulfide) groups is 1. The summed E-state index contributed by atoms with van der Waals surface area (Å²) in [6.07, 6.45) is 0. The average Bonchev–Trinajstić information content (AvgIpc) is 2.39. The van der Waals surface area contributed by atoms with Crippen LogP contribution in [-0.4, -0.2) is 52.8 Å². The van der Waals surface area contributed by atoms with E-state index in [4.69, 9.17) is 15.3 Å². The van der Waals surface area contributed by atoms with E-state index >= 15 is 0 Å². The van der Waals surface area contributed by atoms with Crippen LogP contribution in [0.3, 0.4) is 0 Å². The fraction of sp³-hybridized carbons (Fsp3) is 0.462. The van der Waals surface area contributed by atoms with Crippen LogP contribution < -0.4 is 4.90 Å². The summed E-state index contributed by atoms with van der Waals surface area (Å²) < 4.78 is 0. The molecule has 0 radical (unpaired) electrons. The minimum absolute atomic E-state index is 0.0204. The monoisotopic (exact) mass is 285 g/mol. The van der Waals surface area contributed by atoms with Crippen LogP contribution in [0.4, 0.5) is 5.69 Å². The second-order valence-corrected chi connectivity index (χ2v) is 5.44. The summed E-state index contributed by atoms with van der Waals surface area (Å²) in [7, 11) is 0. The molecule has 19 heavy (non-hydrogen) atoms. The van der Waals surface area contributed by atoms with E-state index in [2.05, 4.69) is 0 Å². The van der Waals surface area contributed by atoms with Gasteiger partial charge in [-0.25, -0.2) is 0 Å². The van der Waals surface area contributed by atoms with Crippen LogP contribution >= 0.6 is 11.8 Å². The summed E-state index contributed by atoms with van der Waals surface area (Å²) in [5.41, 5.74) is 0.899. The molecule has 0 saturated heterocycles. The topological polar surface area (TPSA) is 81.0 Å². The number of nitrogens with zero attached hydrogens (tertiary/aromatic N) is 1. The van der Waals surface area contributed by atoms with E-state index in [1.807, 2.05) is 29.2 Å². The Hall–Kier alpha value is -1.24. The molecular formula is C13H19NO4S. The van der Waals surface area contributed by atoms with E-state index in [1.54, 1.807) is 6.92 Å². The molecule has 0 fully saturated rings. The summed E-state index contributed by atoms with van der Waals surface area (Å²) >= 11 is 1.28. The first-order valence-corrected chi connectivity index (χ1v) is 6.92. The van der Waals surface area contributed by atoms with Crippen molar-refractivity contribution < 1.29 is 20.1 Å². The second-order valence-electron chi connectivity index (χ2n) is 4.03. The molecule has 0 heterocycles. The lowest BCUT2D eigenvalue weighted by Crippen LogP contribution is -2.29. The summed E-state index contributed by atoms with van der Waals surface area (Å²) in [4.78, 5) is 13.5. The van der Waals surface area contributed by atoms with Crippen LogP contribution in [0.15, 0.2) is 29.2 Å². The standard InChI is InChI=1S/C13H19NO4S/c1-10(13(17)18)19-12-4-2-11(3-5-12)14(6-8-15)7-9-16/h2-5,10,15-16H,6-9H2,1H3,(H,17,18). The number of aliphatic carboxylic acids is 1. The molecule has 106 valence electrons. The number of carboxylic acids is 1. The highest BCUT2D eigenvalue weighted by atomic mass is 32.2. The number of carboxylic acid groups (broad SMARTS) is 1. The van der Waals surface area contributed by atoms with Crippen molar-refractivity contribution in [3.63, 3.8) is 0 Å². The van der Waals surface area contributed by atoms with Crippen LogP contribution in [0.1, 0.15) is 6.92 Å². The molecule has 1 aromatic carbocycles. The zero-order chi connectivity index (χ0) is 14.3. The number of aliphatic hydroxyl groups excluding tert-OH is 2. The lowest BCUT2D eigenvalue weighted by atomic mass is 10.3. The van der Waals surface area contributed by atoms with Crippen molar-refractivity contribution in [3.05, 3.63) is 24.3 Å². The number of aliphatic hydroxyl groups is 2. The molecule has 0 aliphatic heterocycles. The molecule has 1 aromatic rings. The van der Waals surface area contributed by atoms with Gasteiger partial charge in [-0.15, -0.1) is 11.8 Å². The average molecular weight is 285 g/mol. The fourth-order valence-corrected chi connectivity index (χ4v) is 2.40. The van der Waals surface area contributed by atoms with Crippen molar-refractivity contribution in [3.8, 4) is 0 Å². The third-order valence-corrected chi connectivity index (χ3v) is 3.70. The van der Waals surface area contributed by atoms with Gasteiger partial charge in [-0.05, 0) is 31.2 Å². The molecule has 6 heteroatoms. The van der Waals surface area contributed by atoms with E-state index < -0.39 is 11.2 Å². The van der Waals surface area contributed by atoms with Gasteiger partial charge in [0.25, 0.3) is 0 Å². The van der Waals surface area contributed by atoms with Gasteiger partial charge in [0.2, 0.25) is 0 Å². The number of hydrogen-bond donors (Lipinski definition) is 3. The van der Waals surface area contributed by atoms with Gasteiger partial charge in [0.1, 0.15) is 5.25 Å². The number of anilines is 1. The van der Waals surface area contributed by atoms with E-state index in [1.165, 1.54) is 11.8 Å². The summed E-state index contributed by atoms with van der Waals surface area (Å²) in [5.74, 6) is -0.837. The number of carbonyl (C=O) groups is 1. The fourth-order valence-electron chi connectivity index (χ4n) is 1.60.